The number of nitrogens with two attached hydrogens (primary N) is 1. The maximum absolute atomic E-state index is 12.7. The summed E-state index contributed by atoms with van der Waals surface area (Å²) >= 11 is 0. The molecule has 0 fully saturated rings. The molecule has 3 heteroatoms. The molecule has 1 nitrogen and oxygen atoms in total. The van der Waals surface area contributed by atoms with Gasteiger partial charge in [0.25, 0.3) is 0 Å². The summed E-state index contributed by atoms with van der Waals surface area (Å²) < 4.78 is 25.2. The van der Waals surface area contributed by atoms with Gasteiger partial charge in [-0.1, -0.05) is 12.1 Å². The largest absolute Gasteiger partial charge is 0.324 e. The van der Waals surface area contributed by atoms with E-state index in [4.69, 9.17) is 5.73 Å². The fourth-order valence-electron chi connectivity index (χ4n) is 1.02. The van der Waals surface area contributed by atoms with Crippen molar-refractivity contribution in [2.24, 2.45) is 5.73 Å². The van der Waals surface area contributed by atoms with Crippen molar-refractivity contribution in [2.45, 2.75) is 12.5 Å². The van der Waals surface area contributed by atoms with Crippen LogP contribution in [0.5, 0.6) is 0 Å². The summed E-state index contributed by atoms with van der Waals surface area (Å²) in [6.07, 6.45) is 2.04. The van der Waals surface area contributed by atoms with Gasteiger partial charge in [0.15, 0.2) is 11.6 Å². The Balaban J connectivity index is 2.79. The normalized spacial score (nSPS) is 12.5. The molecule has 0 saturated heterocycles. The molecule has 0 unspecified atom stereocenters. The van der Waals surface area contributed by atoms with Crippen LogP contribution in [0.3, 0.4) is 0 Å². The monoisotopic (exact) mass is 183 g/mol. The summed E-state index contributed by atoms with van der Waals surface area (Å²) in [5, 5.41) is 0. The first kappa shape index (κ1) is 9.86. The van der Waals surface area contributed by atoms with Gasteiger partial charge < -0.3 is 5.73 Å². The predicted molar refractivity (Wildman–Crippen MR) is 48.2 cm³/mol. The van der Waals surface area contributed by atoms with E-state index in [1.807, 2.05) is 0 Å². The summed E-state index contributed by atoms with van der Waals surface area (Å²) in [6.45, 7) is 3.50. The highest BCUT2D eigenvalue weighted by Crippen LogP contribution is 2.10. The molecule has 0 spiro atoms. The average Bonchev–Trinajstić information content (AvgIpc) is 2.11. The van der Waals surface area contributed by atoms with Crippen LogP contribution in [-0.2, 0) is 6.42 Å². The fraction of sp³-hybridized carbons (Fsp3) is 0.200. The molecule has 0 bridgehead atoms. The highest BCUT2D eigenvalue weighted by molar-refractivity contribution is 5.19. The Kier molecular flexibility index (Phi) is 3.14. The molecule has 0 heterocycles. The van der Waals surface area contributed by atoms with Crippen LogP contribution in [-0.4, -0.2) is 6.04 Å². The third kappa shape index (κ3) is 2.63. The van der Waals surface area contributed by atoms with Gasteiger partial charge in [-0.3, -0.25) is 0 Å². The minimum absolute atomic E-state index is 0.218. The molecule has 0 aliphatic rings. The second kappa shape index (κ2) is 4.14. The van der Waals surface area contributed by atoms with Crippen molar-refractivity contribution in [3.63, 3.8) is 0 Å². The summed E-state index contributed by atoms with van der Waals surface area (Å²) in [4.78, 5) is 0. The third-order valence-corrected chi connectivity index (χ3v) is 1.76. The van der Waals surface area contributed by atoms with E-state index in [9.17, 15) is 8.78 Å². The van der Waals surface area contributed by atoms with Gasteiger partial charge in [-0.15, -0.1) is 6.58 Å². The summed E-state index contributed by atoms with van der Waals surface area (Å²) in [7, 11) is 0. The molecule has 2 N–H and O–H groups in total. The number of benzene rings is 1. The lowest BCUT2D eigenvalue weighted by atomic mass is 10.1. The van der Waals surface area contributed by atoms with E-state index in [2.05, 4.69) is 6.58 Å². The Bertz CT molecular complexity index is 310. The maximum Gasteiger partial charge on any atom is 0.159 e. The summed E-state index contributed by atoms with van der Waals surface area (Å²) in [5.41, 5.74) is 6.23. The summed E-state index contributed by atoms with van der Waals surface area (Å²) in [6, 6.07) is 3.55. The van der Waals surface area contributed by atoms with Crippen molar-refractivity contribution >= 4 is 0 Å². The molecule has 0 radical (unpaired) electrons. The molecule has 0 aliphatic heterocycles. The molecular weight excluding hydrogens is 172 g/mol. The Morgan fingerprint density at radius 3 is 2.62 bits per heavy atom. The minimum Gasteiger partial charge on any atom is -0.324 e. The quantitative estimate of drug-likeness (QED) is 0.713. The molecule has 0 saturated carbocycles. The van der Waals surface area contributed by atoms with Crippen molar-refractivity contribution < 1.29 is 8.78 Å². The zero-order valence-corrected chi connectivity index (χ0v) is 7.13. The van der Waals surface area contributed by atoms with Crippen molar-refractivity contribution in [3.8, 4) is 0 Å². The number of halogens is 2. The van der Waals surface area contributed by atoms with Gasteiger partial charge >= 0.3 is 0 Å². The van der Waals surface area contributed by atoms with Crippen LogP contribution >= 0.6 is 0 Å². The highest BCUT2D eigenvalue weighted by Gasteiger charge is 2.04. The number of rotatable bonds is 3. The standard InChI is InChI=1S/C10H11F2N/c1-2-8(13)5-7-3-4-9(11)10(12)6-7/h2-4,6,8H,1,5,13H2/t8-/m1/s1. The Labute approximate surface area is 75.9 Å². The van der Waals surface area contributed by atoms with Crippen LogP contribution in [0.2, 0.25) is 0 Å². The molecule has 1 rings (SSSR count). The molecule has 1 aromatic carbocycles. The smallest absolute Gasteiger partial charge is 0.159 e. The van der Waals surface area contributed by atoms with Crippen molar-refractivity contribution in [3.05, 3.63) is 48.1 Å². The zero-order chi connectivity index (χ0) is 9.84. The molecule has 1 atom stereocenters. The lowest BCUT2D eigenvalue weighted by Crippen LogP contribution is -2.19. The first-order chi connectivity index (χ1) is 6.13. The molecular formula is C10H11F2N. The number of hydrogen-bond acceptors (Lipinski definition) is 1. The van der Waals surface area contributed by atoms with E-state index in [0.29, 0.717) is 12.0 Å². The SMILES string of the molecule is C=C[C@@H](N)Cc1ccc(F)c(F)c1. The van der Waals surface area contributed by atoms with Gasteiger partial charge in [0.05, 0.1) is 0 Å². The van der Waals surface area contributed by atoms with Crippen molar-refractivity contribution in [1.82, 2.24) is 0 Å². The zero-order valence-electron chi connectivity index (χ0n) is 7.13. The van der Waals surface area contributed by atoms with Crippen molar-refractivity contribution in [2.75, 3.05) is 0 Å². The molecule has 0 aliphatic carbocycles. The van der Waals surface area contributed by atoms with Crippen LogP contribution in [0, 0.1) is 11.6 Å². The Hall–Kier alpha value is -1.22. The van der Waals surface area contributed by atoms with Gasteiger partial charge in [0, 0.05) is 6.04 Å². The van der Waals surface area contributed by atoms with E-state index in [-0.39, 0.29) is 6.04 Å². The highest BCUT2D eigenvalue weighted by atomic mass is 19.2. The molecule has 1 aromatic rings. The maximum atomic E-state index is 12.7. The van der Waals surface area contributed by atoms with Crippen LogP contribution in [0.1, 0.15) is 5.56 Å². The number of hydrogen-bond donors (Lipinski definition) is 1. The van der Waals surface area contributed by atoms with Crippen LogP contribution in [0.15, 0.2) is 30.9 Å². The lowest BCUT2D eigenvalue weighted by molar-refractivity contribution is 0.506. The minimum atomic E-state index is -0.839. The summed E-state index contributed by atoms with van der Waals surface area (Å²) in [5.74, 6) is -1.68. The van der Waals surface area contributed by atoms with Crippen LogP contribution in [0.25, 0.3) is 0 Å². The van der Waals surface area contributed by atoms with E-state index < -0.39 is 11.6 Å². The lowest BCUT2D eigenvalue weighted by Gasteiger charge is -2.05. The van der Waals surface area contributed by atoms with Gasteiger partial charge in [-0.25, -0.2) is 8.78 Å². The van der Waals surface area contributed by atoms with Gasteiger partial charge in [0.1, 0.15) is 0 Å². The molecule has 0 aromatic heterocycles. The van der Waals surface area contributed by atoms with Gasteiger partial charge in [0.2, 0.25) is 0 Å². The Morgan fingerprint density at radius 1 is 1.38 bits per heavy atom. The molecule has 70 valence electrons. The predicted octanol–water partition coefficient (Wildman–Crippen LogP) is 2.02. The van der Waals surface area contributed by atoms with Gasteiger partial charge in [-0.2, -0.15) is 0 Å². The first-order valence-electron chi connectivity index (χ1n) is 3.95. The Morgan fingerprint density at radius 2 is 2.08 bits per heavy atom. The molecule has 0 amide bonds. The van der Waals surface area contributed by atoms with E-state index >= 15 is 0 Å². The molecule has 13 heavy (non-hydrogen) atoms. The second-order valence-electron chi connectivity index (χ2n) is 2.85. The van der Waals surface area contributed by atoms with E-state index in [1.165, 1.54) is 6.07 Å². The van der Waals surface area contributed by atoms with Gasteiger partial charge in [-0.05, 0) is 24.1 Å². The van der Waals surface area contributed by atoms with Crippen LogP contribution in [0.4, 0.5) is 8.78 Å². The first-order valence-corrected chi connectivity index (χ1v) is 3.95. The van der Waals surface area contributed by atoms with Crippen LogP contribution < -0.4 is 5.73 Å². The fourth-order valence-corrected chi connectivity index (χ4v) is 1.02. The van der Waals surface area contributed by atoms with E-state index in [0.717, 1.165) is 12.1 Å². The van der Waals surface area contributed by atoms with Crippen molar-refractivity contribution in [1.29, 1.82) is 0 Å². The second-order valence-corrected chi connectivity index (χ2v) is 2.85. The average molecular weight is 183 g/mol. The topological polar surface area (TPSA) is 26.0 Å². The van der Waals surface area contributed by atoms with E-state index in [1.54, 1.807) is 6.08 Å². The third-order valence-electron chi connectivity index (χ3n) is 1.76.